The molecule has 0 spiro atoms. The fraction of sp³-hybridized carbons (Fsp3) is 0.467. The summed E-state index contributed by atoms with van der Waals surface area (Å²) in [6.07, 6.45) is 0.0319. The van der Waals surface area contributed by atoms with Gasteiger partial charge in [0.1, 0.15) is 11.4 Å². The molecule has 6 heteroatoms. The number of oxime groups is 1. The summed E-state index contributed by atoms with van der Waals surface area (Å²) in [4.78, 5) is 16.6. The van der Waals surface area contributed by atoms with Crippen LogP contribution in [0.3, 0.4) is 0 Å². The molecule has 0 aliphatic rings. The van der Waals surface area contributed by atoms with Crippen LogP contribution in [0.15, 0.2) is 29.4 Å². The van der Waals surface area contributed by atoms with Crippen molar-refractivity contribution < 1.29 is 19.1 Å². The van der Waals surface area contributed by atoms with E-state index in [4.69, 9.17) is 14.3 Å². The molecular formula is C15H22N2O4. The van der Waals surface area contributed by atoms with Gasteiger partial charge >= 0.3 is 6.09 Å². The number of nitrogens with one attached hydrogen (secondary N) is 1. The van der Waals surface area contributed by atoms with Crippen molar-refractivity contribution in [3.63, 3.8) is 0 Å². The third-order valence-electron chi connectivity index (χ3n) is 3.50. The maximum Gasteiger partial charge on any atom is 0.437 e. The summed E-state index contributed by atoms with van der Waals surface area (Å²) in [6, 6.07) is 7.04. The minimum absolute atomic E-state index is 0.517. The molecule has 1 rings (SSSR count). The molecule has 1 amide bonds. The number of benzene rings is 1. The number of rotatable bonds is 6. The van der Waals surface area contributed by atoms with E-state index in [1.165, 1.54) is 7.11 Å². The number of hydrogen-bond acceptors (Lipinski definition) is 5. The number of amides is 1. The number of anilines is 1. The Labute approximate surface area is 125 Å². The Morgan fingerprint density at radius 1 is 1.33 bits per heavy atom. The van der Waals surface area contributed by atoms with Crippen molar-refractivity contribution in [2.24, 2.45) is 5.16 Å². The lowest BCUT2D eigenvalue weighted by Gasteiger charge is -2.25. The highest BCUT2D eigenvalue weighted by molar-refractivity contribution is 5.91. The number of methoxy groups -OCH3 is 2. The van der Waals surface area contributed by atoms with Crippen LogP contribution in [-0.4, -0.2) is 31.6 Å². The van der Waals surface area contributed by atoms with Gasteiger partial charge < -0.3 is 9.47 Å². The van der Waals surface area contributed by atoms with Crippen molar-refractivity contribution in [3.8, 4) is 5.75 Å². The summed E-state index contributed by atoms with van der Waals surface area (Å²) < 4.78 is 10.5. The molecule has 0 heterocycles. The first-order valence-electron chi connectivity index (χ1n) is 6.68. The highest BCUT2D eigenvalue weighted by atomic mass is 16.7. The predicted octanol–water partition coefficient (Wildman–Crippen LogP) is 3.43. The van der Waals surface area contributed by atoms with Gasteiger partial charge in [-0.05, 0) is 32.4 Å². The van der Waals surface area contributed by atoms with E-state index in [1.54, 1.807) is 32.2 Å². The lowest BCUT2D eigenvalue weighted by molar-refractivity contribution is 0.0587. The monoisotopic (exact) mass is 294 g/mol. The van der Waals surface area contributed by atoms with Crippen LogP contribution in [-0.2, 0) is 9.57 Å². The lowest BCUT2D eigenvalue weighted by Crippen LogP contribution is -2.35. The van der Waals surface area contributed by atoms with Gasteiger partial charge in [0.15, 0.2) is 0 Å². The molecule has 0 aliphatic carbocycles. The van der Waals surface area contributed by atoms with Gasteiger partial charge in [-0.3, -0.25) is 10.2 Å². The zero-order chi connectivity index (χ0) is 15.9. The van der Waals surface area contributed by atoms with Gasteiger partial charge in [-0.15, -0.1) is 0 Å². The van der Waals surface area contributed by atoms with E-state index in [0.717, 1.165) is 6.42 Å². The molecule has 1 aromatic rings. The molecule has 21 heavy (non-hydrogen) atoms. The average Bonchev–Trinajstić information content (AvgIpc) is 2.52. The molecule has 1 N–H and O–H groups in total. The molecule has 0 aromatic heterocycles. The van der Waals surface area contributed by atoms with E-state index in [9.17, 15) is 4.79 Å². The minimum atomic E-state index is -0.687. The van der Waals surface area contributed by atoms with E-state index in [0.29, 0.717) is 17.1 Å². The van der Waals surface area contributed by atoms with E-state index < -0.39 is 11.7 Å². The van der Waals surface area contributed by atoms with Gasteiger partial charge in [0.25, 0.3) is 0 Å². The maximum absolute atomic E-state index is 11.8. The maximum atomic E-state index is 11.8. The van der Waals surface area contributed by atoms with Crippen molar-refractivity contribution in [2.45, 2.75) is 32.8 Å². The molecular weight excluding hydrogens is 272 g/mol. The summed E-state index contributed by atoms with van der Waals surface area (Å²) in [7, 11) is 3.12. The van der Waals surface area contributed by atoms with E-state index >= 15 is 0 Å². The molecule has 0 bridgehead atoms. The Balaban J connectivity index is 2.70. The Morgan fingerprint density at radius 2 is 2.00 bits per heavy atom. The van der Waals surface area contributed by atoms with Gasteiger partial charge in [0.2, 0.25) is 0 Å². The Bertz CT molecular complexity index is 510. The summed E-state index contributed by atoms with van der Waals surface area (Å²) in [5, 5.41) is 6.40. The second-order valence-electron chi connectivity index (χ2n) is 4.67. The number of carbonyl (C=O) groups is 1. The average molecular weight is 294 g/mol. The molecule has 6 nitrogen and oxygen atoms in total. The van der Waals surface area contributed by atoms with E-state index in [-0.39, 0.29) is 0 Å². The SMILES string of the molecule is CCC(C)(OC)/C(C)=N\OC(=O)Nc1ccccc1OC. The highest BCUT2D eigenvalue weighted by Crippen LogP contribution is 2.23. The molecule has 1 atom stereocenters. The normalized spacial score (nSPS) is 14.2. The second-order valence-corrected chi connectivity index (χ2v) is 4.67. The molecule has 0 aliphatic heterocycles. The number of carbonyl (C=O) groups excluding carboxylic acids is 1. The molecule has 1 aromatic carbocycles. The summed E-state index contributed by atoms with van der Waals surface area (Å²) >= 11 is 0. The molecule has 0 saturated heterocycles. The van der Waals surface area contributed by atoms with E-state index in [1.807, 2.05) is 19.9 Å². The third kappa shape index (κ3) is 4.46. The van der Waals surface area contributed by atoms with Crippen molar-refractivity contribution in [1.82, 2.24) is 0 Å². The highest BCUT2D eigenvalue weighted by Gasteiger charge is 2.26. The molecule has 0 fully saturated rings. The zero-order valence-corrected chi connectivity index (χ0v) is 13.1. The number of nitrogens with zero attached hydrogens (tertiary/aromatic N) is 1. The van der Waals surface area contributed by atoms with Crippen molar-refractivity contribution in [1.29, 1.82) is 0 Å². The number of hydrogen-bond donors (Lipinski definition) is 1. The van der Waals surface area contributed by atoms with Crippen LogP contribution in [0, 0.1) is 0 Å². The number of para-hydroxylation sites is 2. The molecule has 116 valence electrons. The molecule has 0 saturated carbocycles. The molecule has 1 unspecified atom stereocenters. The van der Waals surface area contributed by atoms with Crippen molar-refractivity contribution >= 4 is 17.5 Å². The first-order chi connectivity index (χ1) is 9.96. The third-order valence-corrected chi connectivity index (χ3v) is 3.50. The van der Waals surface area contributed by atoms with Crippen LogP contribution in [0.25, 0.3) is 0 Å². The van der Waals surface area contributed by atoms with Gasteiger partial charge in [-0.1, -0.05) is 24.2 Å². The number of ether oxygens (including phenoxy) is 2. The fourth-order valence-electron chi connectivity index (χ4n) is 1.64. The first kappa shape index (κ1) is 17.0. The van der Waals surface area contributed by atoms with Gasteiger partial charge in [0, 0.05) is 7.11 Å². The van der Waals surface area contributed by atoms with Crippen LogP contribution < -0.4 is 10.1 Å². The quantitative estimate of drug-likeness (QED) is 0.496. The summed E-state index contributed by atoms with van der Waals surface area (Å²) in [5.74, 6) is 0.547. The Kier molecular flexibility index (Phi) is 6.17. The summed E-state index contributed by atoms with van der Waals surface area (Å²) in [6.45, 7) is 5.61. The zero-order valence-electron chi connectivity index (χ0n) is 13.1. The standard InChI is InChI=1S/C15H22N2O4/c1-6-15(3,20-5)11(2)17-21-14(18)16-12-9-7-8-10-13(12)19-4/h7-10H,6H2,1-5H3,(H,16,18)/b17-11-. The fourth-order valence-corrected chi connectivity index (χ4v) is 1.64. The lowest BCUT2D eigenvalue weighted by atomic mass is 9.98. The molecule has 0 radical (unpaired) electrons. The van der Waals surface area contributed by atoms with Crippen LogP contribution in [0.5, 0.6) is 5.75 Å². The predicted molar refractivity (Wildman–Crippen MR) is 81.9 cm³/mol. The Morgan fingerprint density at radius 3 is 2.57 bits per heavy atom. The largest absolute Gasteiger partial charge is 0.495 e. The van der Waals surface area contributed by atoms with Crippen LogP contribution >= 0.6 is 0 Å². The van der Waals surface area contributed by atoms with Gasteiger partial charge in [-0.2, -0.15) is 0 Å². The smallest absolute Gasteiger partial charge is 0.437 e. The minimum Gasteiger partial charge on any atom is -0.495 e. The van der Waals surface area contributed by atoms with Crippen LogP contribution in [0.2, 0.25) is 0 Å². The first-order valence-corrected chi connectivity index (χ1v) is 6.68. The topological polar surface area (TPSA) is 69.2 Å². The van der Waals surface area contributed by atoms with Gasteiger partial charge in [-0.25, -0.2) is 4.79 Å². The summed E-state index contributed by atoms with van der Waals surface area (Å²) in [5.41, 5.74) is 0.551. The van der Waals surface area contributed by atoms with Gasteiger partial charge in [0.05, 0.1) is 18.5 Å². The van der Waals surface area contributed by atoms with Crippen LogP contribution in [0.1, 0.15) is 27.2 Å². The van der Waals surface area contributed by atoms with Crippen LogP contribution in [0.4, 0.5) is 10.5 Å². The van der Waals surface area contributed by atoms with Crippen molar-refractivity contribution in [2.75, 3.05) is 19.5 Å². The second kappa shape index (κ2) is 7.64. The van der Waals surface area contributed by atoms with Crippen molar-refractivity contribution in [3.05, 3.63) is 24.3 Å². The van der Waals surface area contributed by atoms with E-state index in [2.05, 4.69) is 10.5 Å². The Hall–Kier alpha value is -2.08.